The van der Waals surface area contributed by atoms with E-state index >= 15 is 0 Å². The molecule has 1 aliphatic rings. The van der Waals surface area contributed by atoms with E-state index in [4.69, 9.17) is 4.42 Å². The van der Waals surface area contributed by atoms with Crippen LogP contribution >= 0.6 is 15.9 Å². The molecule has 0 aliphatic carbocycles. The molecule has 2 heterocycles. The Morgan fingerprint density at radius 1 is 1.64 bits per heavy atom. The van der Waals surface area contributed by atoms with Gasteiger partial charge in [-0.05, 0) is 41.5 Å². The third kappa shape index (κ3) is 1.87. The number of nitrogens with zero attached hydrogens (tertiary/aromatic N) is 1. The molecule has 1 unspecified atom stereocenters. The van der Waals surface area contributed by atoms with Crippen LogP contribution in [0.25, 0.3) is 0 Å². The summed E-state index contributed by atoms with van der Waals surface area (Å²) < 4.78 is 6.48. The predicted octanol–water partition coefficient (Wildman–Crippen LogP) is 1.93. The van der Waals surface area contributed by atoms with Crippen molar-refractivity contribution < 1.29 is 4.42 Å². The Bertz CT molecular complexity index is 324. The minimum absolute atomic E-state index is 0.370. The minimum atomic E-state index is 0.370. The molecule has 1 fully saturated rings. The molecular weight excluding hydrogens is 244 g/mol. The Morgan fingerprint density at radius 3 is 3.00 bits per heavy atom. The van der Waals surface area contributed by atoms with Crippen molar-refractivity contribution in [3.8, 4) is 0 Å². The number of aryl methyl sites for hydroxylation is 1. The largest absolute Gasteiger partial charge is 0.452 e. The molecule has 2 rings (SSSR count). The zero-order valence-corrected chi connectivity index (χ0v) is 10.1. The first kappa shape index (κ1) is 10.2. The van der Waals surface area contributed by atoms with Crippen LogP contribution in [0.1, 0.15) is 17.4 Å². The van der Waals surface area contributed by atoms with E-state index in [-0.39, 0.29) is 0 Å². The van der Waals surface area contributed by atoms with Gasteiger partial charge >= 0.3 is 0 Å². The summed E-state index contributed by atoms with van der Waals surface area (Å²) in [5.74, 6) is 1.08. The van der Waals surface area contributed by atoms with Crippen LogP contribution in [0.3, 0.4) is 0 Å². The summed E-state index contributed by atoms with van der Waals surface area (Å²) in [5.41, 5.74) is 1.22. The van der Waals surface area contributed by atoms with Gasteiger partial charge in [0.2, 0.25) is 0 Å². The minimum Gasteiger partial charge on any atom is -0.452 e. The molecule has 1 aromatic rings. The number of nitrogens with one attached hydrogen (secondary N) is 1. The van der Waals surface area contributed by atoms with Gasteiger partial charge in [0.05, 0.1) is 6.04 Å². The van der Waals surface area contributed by atoms with Crippen molar-refractivity contribution in [3.05, 3.63) is 22.1 Å². The first-order valence-electron chi connectivity index (χ1n) is 4.85. The second kappa shape index (κ2) is 4.04. The van der Waals surface area contributed by atoms with Gasteiger partial charge in [0.1, 0.15) is 5.76 Å². The molecular formula is C10H15BrN2O. The molecule has 1 aromatic heterocycles. The highest BCUT2D eigenvalue weighted by atomic mass is 79.9. The maximum atomic E-state index is 5.66. The maximum absolute atomic E-state index is 5.66. The molecule has 1 aliphatic heterocycles. The topological polar surface area (TPSA) is 28.4 Å². The van der Waals surface area contributed by atoms with Crippen LogP contribution in [0.5, 0.6) is 0 Å². The van der Waals surface area contributed by atoms with Crippen LogP contribution in [-0.4, -0.2) is 31.6 Å². The number of hydrogen-bond donors (Lipinski definition) is 1. The van der Waals surface area contributed by atoms with Gasteiger partial charge in [0.25, 0.3) is 0 Å². The van der Waals surface area contributed by atoms with Crippen molar-refractivity contribution in [1.29, 1.82) is 0 Å². The van der Waals surface area contributed by atoms with Crippen LogP contribution in [0.2, 0.25) is 0 Å². The van der Waals surface area contributed by atoms with E-state index in [0.717, 1.165) is 30.1 Å². The normalized spacial score (nSPS) is 24.1. The summed E-state index contributed by atoms with van der Waals surface area (Å²) in [5, 5.41) is 3.38. The van der Waals surface area contributed by atoms with E-state index in [1.807, 2.05) is 6.07 Å². The molecule has 0 spiro atoms. The highest BCUT2D eigenvalue weighted by Crippen LogP contribution is 2.28. The Labute approximate surface area is 92.6 Å². The Hall–Kier alpha value is -0.320. The van der Waals surface area contributed by atoms with Crippen molar-refractivity contribution in [2.24, 2.45) is 0 Å². The first-order valence-corrected chi connectivity index (χ1v) is 5.64. The lowest BCUT2D eigenvalue weighted by Crippen LogP contribution is -2.43. The Kier molecular flexibility index (Phi) is 2.95. The van der Waals surface area contributed by atoms with E-state index in [2.05, 4.69) is 40.1 Å². The van der Waals surface area contributed by atoms with Crippen molar-refractivity contribution in [2.45, 2.75) is 13.0 Å². The van der Waals surface area contributed by atoms with E-state index in [1.54, 1.807) is 0 Å². The Morgan fingerprint density at radius 2 is 2.43 bits per heavy atom. The van der Waals surface area contributed by atoms with Gasteiger partial charge in [0.15, 0.2) is 4.67 Å². The number of halogens is 1. The molecule has 0 bridgehead atoms. The lowest BCUT2D eigenvalue weighted by Gasteiger charge is -2.31. The summed E-state index contributed by atoms with van der Waals surface area (Å²) in [4.78, 5) is 2.33. The molecule has 1 saturated heterocycles. The lowest BCUT2D eigenvalue weighted by molar-refractivity contribution is 0.176. The van der Waals surface area contributed by atoms with Gasteiger partial charge < -0.3 is 9.73 Å². The second-order valence-electron chi connectivity index (χ2n) is 3.80. The van der Waals surface area contributed by atoms with Crippen molar-refractivity contribution >= 4 is 15.9 Å². The number of rotatable bonds is 1. The smallest absolute Gasteiger partial charge is 0.169 e. The fourth-order valence-electron chi connectivity index (χ4n) is 1.89. The van der Waals surface area contributed by atoms with E-state index < -0.39 is 0 Å². The van der Waals surface area contributed by atoms with Crippen molar-refractivity contribution in [1.82, 2.24) is 10.2 Å². The number of likely N-dealkylation sites (N-methyl/N-ethyl adjacent to an activating group) is 1. The molecule has 0 amide bonds. The lowest BCUT2D eigenvalue weighted by atomic mass is 10.1. The van der Waals surface area contributed by atoms with Crippen LogP contribution in [0.15, 0.2) is 15.2 Å². The molecule has 4 heteroatoms. The van der Waals surface area contributed by atoms with E-state index in [1.165, 1.54) is 5.56 Å². The van der Waals surface area contributed by atoms with Crippen LogP contribution < -0.4 is 5.32 Å². The second-order valence-corrected chi connectivity index (χ2v) is 4.58. The molecule has 78 valence electrons. The van der Waals surface area contributed by atoms with Gasteiger partial charge in [-0.15, -0.1) is 0 Å². The maximum Gasteiger partial charge on any atom is 0.169 e. The molecule has 1 atom stereocenters. The third-order valence-corrected chi connectivity index (χ3v) is 3.13. The quantitative estimate of drug-likeness (QED) is 0.835. The van der Waals surface area contributed by atoms with Gasteiger partial charge in [-0.1, -0.05) is 0 Å². The fourth-order valence-corrected chi connectivity index (χ4v) is 2.40. The summed E-state index contributed by atoms with van der Waals surface area (Å²) in [6.45, 7) is 5.19. The summed E-state index contributed by atoms with van der Waals surface area (Å²) in [6.07, 6.45) is 0. The Balaban J connectivity index is 2.24. The molecule has 1 N–H and O–H groups in total. The summed E-state index contributed by atoms with van der Waals surface area (Å²) in [6, 6.07) is 2.40. The van der Waals surface area contributed by atoms with E-state index in [9.17, 15) is 0 Å². The van der Waals surface area contributed by atoms with Crippen LogP contribution in [0.4, 0.5) is 0 Å². The van der Waals surface area contributed by atoms with Gasteiger partial charge in [-0.25, -0.2) is 0 Å². The number of furan rings is 1. The zero-order valence-electron chi connectivity index (χ0n) is 8.51. The molecule has 0 saturated carbocycles. The van der Waals surface area contributed by atoms with Gasteiger partial charge in [-0.2, -0.15) is 0 Å². The van der Waals surface area contributed by atoms with E-state index in [0.29, 0.717) is 6.04 Å². The van der Waals surface area contributed by atoms with Crippen LogP contribution in [-0.2, 0) is 0 Å². The summed E-state index contributed by atoms with van der Waals surface area (Å²) in [7, 11) is 2.14. The number of hydrogen-bond acceptors (Lipinski definition) is 3. The third-order valence-electron chi connectivity index (χ3n) is 2.74. The molecule has 3 nitrogen and oxygen atoms in total. The fraction of sp³-hybridized carbons (Fsp3) is 0.600. The molecule has 0 aromatic carbocycles. The van der Waals surface area contributed by atoms with Gasteiger partial charge in [-0.3, -0.25) is 4.90 Å². The average molecular weight is 259 g/mol. The molecule has 14 heavy (non-hydrogen) atoms. The highest BCUT2D eigenvalue weighted by molar-refractivity contribution is 9.10. The summed E-state index contributed by atoms with van der Waals surface area (Å²) >= 11 is 3.36. The number of piperazine rings is 1. The van der Waals surface area contributed by atoms with Gasteiger partial charge in [0, 0.05) is 19.6 Å². The highest BCUT2D eigenvalue weighted by Gasteiger charge is 2.25. The van der Waals surface area contributed by atoms with Crippen LogP contribution in [0, 0.1) is 6.92 Å². The monoisotopic (exact) mass is 258 g/mol. The first-order chi connectivity index (χ1) is 6.68. The van der Waals surface area contributed by atoms with Crippen molar-refractivity contribution in [2.75, 3.05) is 26.7 Å². The zero-order chi connectivity index (χ0) is 10.1. The standard InChI is InChI=1S/C10H15BrN2O/c1-7-5-9(11)14-10(7)8-6-12-3-4-13(8)2/h5,8,12H,3-4,6H2,1-2H3. The molecule has 0 radical (unpaired) electrons. The SMILES string of the molecule is Cc1cc(Br)oc1C1CNCCN1C. The predicted molar refractivity (Wildman–Crippen MR) is 59.4 cm³/mol. The van der Waals surface area contributed by atoms with Crippen molar-refractivity contribution in [3.63, 3.8) is 0 Å². The average Bonchev–Trinajstić information content (AvgIpc) is 2.46.